The van der Waals surface area contributed by atoms with Crippen LogP contribution in [0.15, 0.2) is 48.6 Å². The van der Waals surface area contributed by atoms with Crippen molar-refractivity contribution in [2.45, 2.75) is 24.0 Å². The van der Waals surface area contributed by atoms with Crippen molar-refractivity contribution in [3.63, 3.8) is 0 Å². The van der Waals surface area contributed by atoms with E-state index in [0.29, 0.717) is 12.3 Å². The molecule has 0 heterocycles. The first kappa shape index (κ1) is 14.8. The molecular weight excluding hydrogens is 322 g/mol. The van der Waals surface area contributed by atoms with Crippen LogP contribution in [0.25, 0.3) is 0 Å². The Hall–Kier alpha value is -1.59. The predicted molar refractivity (Wildman–Crippen MR) is 82.3 cm³/mol. The summed E-state index contributed by atoms with van der Waals surface area (Å²) < 4.78 is 5.64. The molecule has 0 bridgehead atoms. The highest BCUT2D eigenvalue weighted by molar-refractivity contribution is 9.10. The van der Waals surface area contributed by atoms with Gasteiger partial charge < -0.3 is 9.84 Å². The van der Waals surface area contributed by atoms with Crippen molar-refractivity contribution in [3.8, 4) is 0 Å². The first-order chi connectivity index (χ1) is 9.49. The third-order valence-corrected chi connectivity index (χ3v) is 3.77. The predicted octanol–water partition coefficient (Wildman–Crippen LogP) is 3.94. The first-order valence-electron chi connectivity index (χ1n) is 6.23. The van der Waals surface area contributed by atoms with E-state index in [1.165, 1.54) is 0 Å². The number of hydrogen-bond donors (Lipinski definition) is 2. The van der Waals surface area contributed by atoms with Crippen molar-refractivity contribution < 1.29 is 14.6 Å². The van der Waals surface area contributed by atoms with E-state index in [2.05, 4.69) is 21.2 Å². The monoisotopic (exact) mass is 337 g/mol. The standard InChI is InChI=1S/C15H16BrNO3/c1-15(16)9-5-4-8-13(15)20-10-11-6-2-3-7-12(11)17-14(18)19/h2-9,13,17H,10H2,1H3,(H,18,19). The number of alkyl halides is 1. The van der Waals surface area contributed by atoms with Gasteiger partial charge in [0.25, 0.3) is 0 Å². The van der Waals surface area contributed by atoms with Gasteiger partial charge in [-0.3, -0.25) is 5.32 Å². The number of anilines is 1. The third-order valence-electron chi connectivity index (χ3n) is 3.05. The highest BCUT2D eigenvalue weighted by Crippen LogP contribution is 2.31. The number of hydrogen-bond acceptors (Lipinski definition) is 2. The van der Waals surface area contributed by atoms with Crippen LogP contribution in [0.4, 0.5) is 10.5 Å². The quantitative estimate of drug-likeness (QED) is 0.818. The molecule has 0 radical (unpaired) electrons. The van der Waals surface area contributed by atoms with Gasteiger partial charge in [-0.05, 0) is 13.0 Å². The van der Waals surface area contributed by atoms with Gasteiger partial charge in [-0.1, -0.05) is 58.4 Å². The maximum Gasteiger partial charge on any atom is 0.409 e. The largest absolute Gasteiger partial charge is 0.465 e. The molecule has 0 saturated heterocycles. The van der Waals surface area contributed by atoms with Gasteiger partial charge in [-0.25, -0.2) is 4.79 Å². The molecule has 1 aliphatic rings. The molecule has 1 amide bonds. The van der Waals surface area contributed by atoms with Crippen molar-refractivity contribution in [2.24, 2.45) is 0 Å². The van der Waals surface area contributed by atoms with E-state index >= 15 is 0 Å². The minimum atomic E-state index is -1.08. The maximum absolute atomic E-state index is 10.8. The van der Waals surface area contributed by atoms with Gasteiger partial charge in [0.2, 0.25) is 0 Å². The summed E-state index contributed by atoms with van der Waals surface area (Å²) >= 11 is 3.62. The molecule has 2 atom stereocenters. The second kappa shape index (κ2) is 6.24. The highest BCUT2D eigenvalue weighted by atomic mass is 79.9. The average Bonchev–Trinajstić information content (AvgIpc) is 2.38. The molecule has 1 aliphatic carbocycles. The number of para-hydroxylation sites is 1. The van der Waals surface area contributed by atoms with E-state index in [9.17, 15) is 4.79 Å². The highest BCUT2D eigenvalue weighted by Gasteiger charge is 2.29. The molecule has 4 nitrogen and oxygen atoms in total. The Labute approximate surface area is 126 Å². The number of halogens is 1. The molecular formula is C15H16BrNO3. The summed E-state index contributed by atoms with van der Waals surface area (Å²) in [5, 5.41) is 11.2. The summed E-state index contributed by atoms with van der Waals surface area (Å²) in [6.45, 7) is 2.36. The Morgan fingerprint density at radius 3 is 2.90 bits per heavy atom. The van der Waals surface area contributed by atoms with Gasteiger partial charge in [-0.2, -0.15) is 0 Å². The molecule has 0 spiro atoms. The number of carboxylic acid groups (broad SMARTS) is 1. The van der Waals surface area contributed by atoms with Crippen LogP contribution in [0, 0.1) is 0 Å². The number of amides is 1. The lowest BCUT2D eigenvalue weighted by atomic mass is 9.99. The van der Waals surface area contributed by atoms with Crippen molar-refractivity contribution in [1.82, 2.24) is 0 Å². The lowest BCUT2D eigenvalue weighted by molar-refractivity contribution is 0.0603. The summed E-state index contributed by atoms with van der Waals surface area (Å²) in [7, 11) is 0. The van der Waals surface area contributed by atoms with E-state index in [4.69, 9.17) is 9.84 Å². The number of allylic oxidation sites excluding steroid dienone is 2. The van der Waals surface area contributed by atoms with Crippen LogP contribution in [0.2, 0.25) is 0 Å². The molecule has 106 valence electrons. The summed E-state index contributed by atoms with van der Waals surface area (Å²) in [5.41, 5.74) is 1.35. The molecule has 0 aliphatic heterocycles. The van der Waals surface area contributed by atoms with E-state index < -0.39 is 6.09 Å². The second-order valence-electron chi connectivity index (χ2n) is 4.71. The molecule has 2 rings (SSSR count). The molecule has 1 aromatic carbocycles. The maximum atomic E-state index is 10.8. The zero-order chi connectivity index (χ0) is 14.6. The summed E-state index contributed by atoms with van der Waals surface area (Å²) in [5.74, 6) is 0. The number of carbonyl (C=O) groups is 1. The summed E-state index contributed by atoms with van der Waals surface area (Å²) in [6, 6.07) is 7.21. The van der Waals surface area contributed by atoms with Crippen LogP contribution in [-0.2, 0) is 11.3 Å². The molecule has 2 unspecified atom stereocenters. The van der Waals surface area contributed by atoms with Crippen molar-refractivity contribution in [1.29, 1.82) is 0 Å². The number of rotatable bonds is 4. The Morgan fingerprint density at radius 1 is 1.45 bits per heavy atom. The molecule has 0 saturated carbocycles. The number of nitrogens with one attached hydrogen (secondary N) is 1. The minimum absolute atomic E-state index is 0.106. The third kappa shape index (κ3) is 3.71. The fourth-order valence-electron chi connectivity index (χ4n) is 1.97. The van der Waals surface area contributed by atoms with E-state index in [-0.39, 0.29) is 10.4 Å². The lowest BCUT2D eigenvalue weighted by Crippen LogP contribution is -2.33. The summed E-state index contributed by atoms with van der Waals surface area (Å²) in [4.78, 5) is 10.8. The van der Waals surface area contributed by atoms with Crippen LogP contribution in [0.3, 0.4) is 0 Å². The number of benzene rings is 1. The van der Waals surface area contributed by atoms with E-state index in [0.717, 1.165) is 5.56 Å². The average molecular weight is 338 g/mol. The molecule has 2 N–H and O–H groups in total. The fraction of sp³-hybridized carbons (Fsp3) is 0.267. The normalized spacial score (nSPS) is 24.6. The van der Waals surface area contributed by atoms with Crippen LogP contribution < -0.4 is 5.32 Å². The van der Waals surface area contributed by atoms with Crippen LogP contribution in [-0.4, -0.2) is 21.6 Å². The van der Waals surface area contributed by atoms with Gasteiger partial charge >= 0.3 is 6.09 Å². The van der Waals surface area contributed by atoms with Crippen LogP contribution >= 0.6 is 15.9 Å². The van der Waals surface area contributed by atoms with E-state index in [1.54, 1.807) is 12.1 Å². The Morgan fingerprint density at radius 2 is 2.20 bits per heavy atom. The number of ether oxygens (including phenoxy) is 1. The van der Waals surface area contributed by atoms with E-state index in [1.807, 2.05) is 43.4 Å². The van der Waals surface area contributed by atoms with Crippen molar-refractivity contribution in [3.05, 3.63) is 54.1 Å². The molecule has 5 heteroatoms. The topological polar surface area (TPSA) is 58.6 Å². The van der Waals surface area contributed by atoms with Gasteiger partial charge in [-0.15, -0.1) is 0 Å². The molecule has 1 aromatic rings. The summed E-state index contributed by atoms with van der Waals surface area (Å²) in [6.07, 6.45) is 6.72. The smallest absolute Gasteiger partial charge is 0.409 e. The van der Waals surface area contributed by atoms with Crippen molar-refractivity contribution in [2.75, 3.05) is 5.32 Å². The zero-order valence-electron chi connectivity index (χ0n) is 11.0. The molecule has 0 fully saturated rings. The second-order valence-corrected chi connectivity index (χ2v) is 6.42. The molecule has 0 aromatic heterocycles. The Bertz CT molecular complexity index is 552. The van der Waals surface area contributed by atoms with Gasteiger partial charge in [0.1, 0.15) is 0 Å². The van der Waals surface area contributed by atoms with Gasteiger partial charge in [0.05, 0.1) is 17.0 Å². The van der Waals surface area contributed by atoms with Gasteiger partial charge in [0.15, 0.2) is 0 Å². The van der Waals surface area contributed by atoms with Crippen molar-refractivity contribution >= 4 is 27.7 Å². The zero-order valence-corrected chi connectivity index (χ0v) is 12.6. The van der Waals surface area contributed by atoms with Crippen LogP contribution in [0.1, 0.15) is 12.5 Å². The van der Waals surface area contributed by atoms with Crippen LogP contribution in [0.5, 0.6) is 0 Å². The Balaban J connectivity index is 2.06. The SMILES string of the molecule is CC1(Br)C=CC=CC1OCc1ccccc1NC(=O)O. The first-order valence-corrected chi connectivity index (χ1v) is 7.03. The minimum Gasteiger partial charge on any atom is -0.465 e. The lowest BCUT2D eigenvalue weighted by Gasteiger charge is -2.29. The Kier molecular flexibility index (Phi) is 4.62. The fourth-order valence-corrected chi connectivity index (χ4v) is 2.41. The van der Waals surface area contributed by atoms with Gasteiger partial charge in [0, 0.05) is 11.3 Å². The molecule has 20 heavy (non-hydrogen) atoms.